The number of carbonyl (C=O) groups is 2. The van der Waals surface area contributed by atoms with Crippen molar-refractivity contribution in [3.8, 4) is 0 Å². The van der Waals surface area contributed by atoms with Crippen LogP contribution >= 0.6 is 0 Å². The van der Waals surface area contributed by atoms with E-state index in [9.17, 15) is 22.4 Å². The van der Waals surface area contributed by atoms with E-state index in [0.29, 0.717) is 19.4 Å². The average molecular weight is 477 g/mol. The summed E-state index contributed by atoms with van der Waals surface area (Å²) in [4.78, 5) is 29.7. The van der Waals surface area contributed by atoms with Crippen LogP contribution in [0.1, 0.15) is 32.3 Å². The van der Waals surface area contributed by atoms with E-state index in [4.69, 9.17) is 0 Å². The Morgan fingerprint density at radius 3 is 2.58 bits per heavy atom. The third kappa shape index (κ3) is 6.35. The number of amides is 2. The Hall–Kier alpha value is -2.85. The number of halogens is 1. The van der Waals surface area contributed by atoms with E-state index < -0.39 is 27.8 Å². The molecule has 1 aliphatic rings. The molecule has 33 heavy (non-hydrogen) atoms. The lowest BCUT2D eigenvalue weighted by molar-refractivity contribution is -0.132. The molecule has 2 atom stereocenters. The van der Waals surface area contributed by atoms with Crippen molar-refractivity contribution in [2.75, 3.05) is 13.1 Å². The lowest BCUT2D eigenvalue weighted by Crippen LogP contribution is -2.53. The fourth-order valence-electron chi connectivity index (χ4n) is 3.74. The number of sulfonamides is 1. The maximum Gasteiger partial charge on any atom is 0.243 e. The van der Waals surface area contributed by atoms with Crippen molar-refractivity contribution in [2.24, 2.45) is 11.8 Å². The van der Waals surface area contributed by atoms with Gasteiger partial charge >= 0.3 is 0 Å². The first kappa shape index (κ1) is 24.8. The van der Waals surface area contributed by atoms with Crippen LogP contribution in [-0.4, -0.2) is 48.7 Å². The Kier molecular flexibility index (Phi) is 8.15. The van der Waals surface area contributed by atoms with Gasteiger partial charge in [-0.2, -0.15) is 4.31 Å². The van der Waals surface area contributed by atoms with Crippen LogP contribution in [0.3, 0.4) is 0 Å². The van der Waals surface area contributed by atoms with Crippen molar-refractivity contribution in [1.29, 1.82) is 0 Å². The zero-order chi connectivity index (χ0) is 24.0. The lowest BCUT2D eigenvalue weighted by Gasteiger charge is -2.32. The van der Waals surface area contributed by atoms with Gasteiger partial charge in [0, 0.05) is 32.0 Å². The number of nitrogens with zero attached hydrogens (tertiary/aromatic N) is 2. The first-order valence-electron chi connectivity index (χ1n) is 10.9. The van der Waals surface area contributed by atoms with Gasteiger partial charge in [0.2, 0.25) is 21.8 Å². The molecule has 0 unspecified atom stereocenters. The third-order valence-corrected chi connectivity index (χ3v) is 7.52. The van der Waals surface area contributed by atoms with Gasteiger partial charge in [-0.3, -0.25) is 14.6 Å². The molecule has 2 amide bonds. The summed E-state index contributed by atoms with van der Waals surface area (Å²) in [5.41, 5.74) is 0.841. The Bertz CT molecular complexity index is 1060. The molecule has 0 bridgehead atoms. The highest BCUT2D eigenvalue weighted by Crippen LogP contribution is 2.24. The molecular formula is C23H29FN4O4S. The van der Waals surface area contributed by atoms with Gasteiger partial charge in [0.05, 0.1) is 10.8 Å². The van der Waals surface area contributed by atoms with Gasteiger partial charge in [-0.15, -0.1) is 0 Å². The van der Waals surface area contributed by atoms with Crippen LogP contribution < -0.4 is 10.6 Å². The summed E-state index contributed by atoms with van der Waals surface area (Å²) < 4.78 is 40.3. The molecule has 0 saturated carbocycles. The summed E-state index contributed by atoms with van der Waals surface area (Å²) in [5, 5.41) is 5.62. The number of nitrogens with one attached hydrogen (secondary N) is 2. The smallest absolute Gasteiger partial charge is 0.243 e. The largest absolute Gasteiger partial charge is 0.350 e. The highest BCUT2D eigenvalue weighted by Gasteiger charge is 2.35. The first-order chi connectivity index (χ1) is 15.7. The molecule has 2 N–H and O–H groups in total. The van der Waals surface area contributed by atoms with Gasteiger partial charge in [0.25, 0.3) is 0 Å². The number of pyridine rings is 1. The summed E-state index contributed by atoms with van der Waals surface area (Å²) in [5.74, 6) is -1.93. The van der Waals surface area contributed by atoms with Crippen LogP contribution in [0, 0.1) is 17.7 Å². The van der Waals surface area contributed by atoms with Crippen molar-refractivity contribution >= 4 is 21.8 Å². The zero-order valence-electron chi connectivity index (χ0n) is 18.7. The van der Waals surface area contributed by atoms with E-state index in [1.807, 2.05) is 19.9 Å². The molecule has 0 aliphatic carbocycles. The molecule has 2 heterocycles. The number of hydrogen-bond donors (Lipinski definition) is 2. The van der Waals surface area contributed by atoms with Crippen LogP contribution in [0.2, 0.25) is 0 Å². The van der Waals surface area contributed by atoms with E-state index in [2.05, 4.69) is 15.6 Å². The Morgan fingerprint density at radius 2 is 1.94 bits per heavy atom. The number of aromatic nitrogens is 1. The number of hydrogen-bond acceptors (Lipinski definition) is 5. The monoisotopic (exact) mass is 476 g/mol. The van der Waals surface area contributed by atoms with Crippen molar-refractivity contribution in [3.63, 3.8) is 0 Å². The van der Waals surface area contributed by atoms with Crippen LogP contribution in [0.15, 0.2) is 53.7 Å². The zero-order valence-corrected chi connectivity index (χ0v) is 19.5. The molecular weight excluding hydrogens is 447 g/mol. The predicted octanol–water partition coefficient (Wildman–Crippen LogP) is 2.08. The summed E-state index contributed by atoms with van der Waals surface area (Å²) in [6.07, 6.45) is 4.33. The second kappa shape index (κ2) is 10.8. The first-order valence-corrected chi connectivity index (χ1v) is 12.3. The van der Waals surface area contributed by atoms with Crippen molar-refractivity contribution in [3.05, 3.63) is 60.2 Å². The molecule has 1 aliphatic heterocycles. The Morgan fingerprint density at radius 1 is 1.21 bits per heavy atom. The molecule has 0 radical (unpaired) electrons. The standard InChI is InChI=1S/C23H29FN4O4S/c1-16(2)21(23(30)26-14-17-5-3-11-25-13-17)27-22(29)18-6-4-12-28(15-18)33(31,32)20-9-7-19(24)8-10-20/h3,5,7-11,13,16,18,21H,4,6,12,14-15H2,1-2H3,(H,26,30)(H,27,29)/t18-,21+/m1/s1. The minimum atomic E-state index is -3.84. The van der Waals surface area contributed by atoms with Gasteiger partial charge in [-0.25, -0.2) is 12.8 Å². The SMILES string of the molecule is CC(C)[C@H](NC(=O)[C@@H]1CCCN(S(=O)(=O)c2ccc(F)cc2)C1)C(=O)NCc1cccnc1. The highest BCUT2D eigenvalue weighted by atomic mass is 32.2. The predicted molar refractivity (Wildman–Crippen MR) is 121 cm³/mol. The van der Waals surface area contributed by atoms with E-state index >= 15 is 0 Å². The summed E-state index contributed by atoms with van der Waals surface area (Å²) in [7, 11) is -3.84. The third-order valence-electron chi connectivity index (χ3n) is 5.64. The number of benzene rings is 1. The quantitative estimate of drug-likeness (QED) is 0.607. The van der Waals surface area contributed by atoms with Gasteiger partial charge in [-0.05, 0) is 54.7 Å². The normalized spacial score (nSPS) is 18.0. The number of rotatable bonds is 8. The van der Waals surface area contributed by atoms with E-state index in [1.54, 1.807) is 18.5 Å². The lowest BCUT2D eigenvalue weighted by atomic mass is 9.96. The molecule has 1 aromatic heterocycles. The molecule has 1 saturated heterocycles. The van der Waals surface area contributed by atoms with E-state index in [1.165, 1.54) is 16.4 Å². The fraction of sp³-hybridized carbons (Fsp3) is 0.435. The second-order valence-electron chi connectivity index (χ2n) is 8.47. The van der Waals surface area contributed by atoms with E-state index in [-0.39, 0.29) is 35.7 Å². The molecule has 1 fully saturated rings. The van der Waals surface area contributed by atoms with Gasteiger partial charge in [-0.1, -0.05) is 19.9 Å². The van der Waals surface area contributed by atoms with Crippen molar-refractivity contribution < 1.29 is 22.4 Å². The van der Waals surface area contributed by atoms with Crippen LogP contribution in [-0.2, 0) is 26.2 Å². The Labute approximate surface area is 193 Å². The van der Waals surface area contributed by atoms with Crippen LogP contribution in [0.5, 0.6) is 0 Å². The maximum atomic E-state index is 13.2. The fourth-order valence-corrected chi connectivity index (χ4v) is 5.26. The van der Waals surface area contributed by atoms with Crippen LogP contribution in [0.25, 0.3) is 0 Å². The van der Waals surface area contributed by atoms with Crippen molar-refractivity contribution in [1.82, 2.24) is 19.9 Å². The summed E-state index contributed by atoms with van der Waals surface area (Å²) in [6.45, 7) is 4.25. The molecule has 2 aromatic rings. The minimum Gasteiger partial charge on any atom is -0.350 e. The number of piperidine rings is 1. The van der Waals surface area contributed by atoms with Gasteiger partial charge in [0.1, 0.15) is 11.9 Å². The topological polar surface area (TPSA) is 108 Å². The highest BCUT2D eigenvalue weighted by molar-refractivity contribution is 7.89. The molecule has 10 heteroatoms. The average Bonchev–Trinajstić information content (AvgIpc) is 2.81. The molecule has 178 valence electrons. The molecule has 8 nitrogen and oxygen atoms in total. The van der Waals surface area contributed by atoms with E-state index in [0.717, 1.165) is 17.7 Å². The summed E-state index contributed by atoms with van der Waals surface area (Å²) >= 11 is 0. The van der Waals surface area contributed by atoms with Gasteiger partial charge in [0.15, 0.2) is 0 Å². The molecule has 3 rings (SSSR count). The molecule has 1 aromatic carbocycles. The second-order valence-corrected chi connectivity index (χ2v) is 10.4. The molecule has 0 spiro atoms. The Balaban J connectivity index is 1.63. The number of carbonyl (C=O) groups excluding carboxylic acids is 2. The van der Waals surface area contributed by atoms with Gasteiger partial charge < -0.3 is 10.6 Å². The van der Waals surface area contributed by atoms with Crippen molar-refractivity contribution in [2.45, 2.75) is 44.2 Å². The minimum absolute atomic E-state index is 0.00760. The van der Waals surface area contributed by atoms with Crippen LogP contribution in [0.4, 0.5) is 4.39 Å². The maximum absolute atomic E-state index is 13.2. The summed E-state index contributed by atoms with van der Waals surface area (Å²) in [6, 6.07) is 7.49.